The molecule has 0 bridgehead atoms. The first-order valence-electron chi connectivity index (χ1n) is 5.94. The molecule has 96 valence electrons. The van der Waals surface area contributed by atoms with Crippen LogP contribution in [-0.4, -0.2) is 26.1 Å². The van der Waals surface area contributed by atoms with Crippen molar-refractivity contribution >= 4 is 28.2 Å². The third kappa shape index (κ3) is 2.42. The van der Waals surface area contributed by atoms with E-state index in [2.05, 4.69) is 16.3 Å². The zero-order chi connectivity index (χ0) is 13.3. The van der Waals surface area contributed by atoms with Crippen LogP contribution in [0.25, 0.3) is 10.9 Å². The van der Waals surface area contributed by atoms with Gasteiger partial charge in [-0.05, 0) is 37.7 Å². The molecule has 2 rings (SSSR count). The van der Waals surface area contributed by atoms with Gasteiger partial charge in [0.1, 0.15) is 0 Å². The molecule has 3 nitrogen and oxygen atoms in total. The van der Waals surface area contributed by atoms with Crippen LogP contribution in [0.1, 0.15) is 11.3 Å². The number of hydrogen-bond donors (Lipinski definition) is 1. The van der Waals surface area contributed by atoms with Crippen molar-refractivity contribution in [2.75, 3.05) is 26.0 Å². The monoisotopic (exact) mass is 263 g/mol. The van der Waals surface area contributed by atoms with Gasteiger partial charge in [0.2, 0.25) is 0 Å². The molecule has 0 saturated heterocycles. The lowest BCUT2D eigenvalue weighted by Gasteiger charge is -2.18. The second kappa shape index (κ2) is 5.12. The van der Waals surface area contributed by atoms with Gasteiger partial charge >= 0.3 is 0 Å². The minimum absolute atomic E-state index is 0.756. The topological polar surface area (TPSA) is 28.2 Å². The molecule has 0 fully saturated rings. The molecule has 1 N–H and O–H groups in total. The summed E-state index contributed by atoms with van der Waals surface area (Å²) >= 11 is 6.14. The van der Waals surface area contributed by atoms with E-state index in [4.69, 9.17) is 16.6 Å². The molecule has 4 heteroatoms. The minimum Gasteiger partial charge on any atom is -0.377 e. The quantitative estimate of drug-likeness (QED) is 0.923. The Morgan fingerprint density at radius 3 is 2.61 bits per heavy atom. The number of nitrogens with one attached hydrogen (secondary N) is 1. The largest absolute Gasteiger partial charge is 0.377 e. The van der Waals surface area contributed by atoms with E-state index >= 15 is 0 Å². The summed E-state index contributed by atoms with van der Waals surface area (Å²) < 4.78 is 0. The summed E-state index contributed by atoms with van der Waals surface area (Å²) in [6.07, 6.45) is 0. The highest BCUT2D eigenvalue weighted by atomic mass is 35.5. The molecule has 0 saturated carbocycles. The average Bonchev–Trinajstić information content (AvgIpc) is 2.29. The fourth-order valence-electron chi connectivity index (χ4n) is 2.13. The van der Waals surface area contributed by atoms with Crippen molar-refractivity contribution in [3.8, 4) is 0 Å². The number of fused-ring (bicyclic) bond motifs is 1. The van der Waals surface area contributed by atoms with Crippen molar-refractivity contribution in [1.29, 1.82) is 0 Å². The van der Waals surface area contributed by atoms with Gasteiger partial charge in [0.15, 0.2) is 0 Å². The fraction of sp³-hybridized carbons (Fsp3) is 0.357. The van der Waals surface area contributed by atoms with Gasteiger partial charge in [-0.1, -0.05) is 11.6 Å². The van der Waals surface area contributed by atoms with Crippen LogP contribution in [0.15, 0.2) is 18.2 Å². The molecule has 0 atom stereocenters. The number of nitrogens with zero attached hydrogens (tertiary/aromatic N) is 2. The molecule has 0 spiro atoms. The number of aromatic nitrogens is 1. The number of rotatable bonds is 3. The molecule has 0 aliphatic heterocycles. The van der Waals surface area contributed by atoms with Gasteiger partial charge in [-0.3, -0.25) is 4.98 Å². The number of hydrogen-bond acceptors (Lipinski definition) is 3. The lowest BCUT2D eigenvalue weighted by Crippen LogP contribution is -2.13. The lowest BCUT2D eigenvalue weighted by molar-refractivity contribution is 0.795. The Morgan fingerprint density at radius 2 is 2.00 bits per heavy atom. The standard InChI is InChI=1S/C14H18ClN3/c1-9-5-10(15)6-12-13(18(3)4)7-11(8-16-2)17-14(9)12/h5-7,16H,8H2,1-4H3. The van der Waals surface area contributed by atoms with Crippen molar-refractivity contribution < 1.29 is 0 Å². The minimum atomic E-state index is 0.756. The Hall–Kier alpha value is -1.32. The summed E-state index contributed by atoms with van der Waals surface area (Å²) in [5.74, 6) is 0. The molecule has 1 aromatic heterocycles. The van der Waals surface area contributed by atoms with Crippen molar-refractivity contribution in [3.05, 3.63) is 34.5 Å². The third-order valence-electron chi connectivity index (χ3n) is 2.94. The highest BCUT2D eigenvalue weighted by molar-refractivity contribution is 6.31. The smallest absolute Gasteiger partial charge is 0.0756 e. The van der Waals surface area contributed by atoms with Gasteiger partial charge in [-0.15, -0.1) is 0 Å². The van der Waals surface area contributed by atoms with Crippen LogP contribution in [0.2, 0.25) is 5.02 Å². The second-order valence-electron chi connectivity index (χ2n) is 4.68. The molecule has 18 heavy (non-hydrogen) atoms. The summed E-state index contributed by atoms with van der Waals surface area (Å²) in [5.41, 5.74) is 4.32. The first-order valence-corrected chi connectivity index (χ1v) is 6.32. The van der Waals surface area contributed by atoms with Gasteiger partial charge in [0.05, 0.1) is 11.2 Å². The van der Waals surface area contributed by atoms with E-state index in [0.717, 1.165) is 39.4 Å². The number of pyridine rings is 1. The highest BCUT2D eigenvalue weighted by Gasteiger charge is 2.10. The number of benzene rings is 1. The molecule has 0 radical (unpaired) electrons. The lowest BCUT2D eigenvalue weighted by atomic mass is 10.1. The van der Waals surface area contributed by atoms with E-state index in [9.17, 15) is 0 Å². The molecule has 0 aliphatic carbocycles. The summed E-state index contributed by atoms with van der Waals surface area (Å²) in [7, 11) is 6.00. The first-order chi connectivity index (χ1) is 8.52. The zero-order valence-electron chi connectivity index (χ0n) is 11.2. The predicted octanol–water partition coefficient (Wildman–Crippen LogP) is 2.98. The Morgan fingerprint density at radius 1 is 1.28 bits per heavy atom. The fourth-order valence-corrected chi connectivity index (χ4v) is 2.41. The molecule has 0 unspecified atom stereocenters. The average molecular weight is 264 g/mol. The Balaban J connectivity index is 2.76. The van der Waals surface area contributed by atoms with E-state index in [-0.39, 0.29) is 0 Å². The van der Waals surface area contributed by atoms with E-state index < -0.39 is 0 Å². The van der Waals surface area contributed by atoms with Crippen LogP contribution in [-0.2, 0) is 6.54 Å². The Labute approximate surface area is 113 Å². The van der Waals surface area contributed by atoms with Crippen molar-refractivity contribution in [2.45, 2.75) is 13.5 Å². The summed E-state index contributed by atoms with van der Waals surface area (Å²) in [6.45, 7) is 2.81. The van der Waals surface area contributed by atoms with Crippen molar-refractivity contribution in [1.82, 2.24) is 10.3 Å². The van der Waals surface area contributed by atoms with Gasteiger partial charge < -0.3 is 10.2 Å². The molecule has 0 amide bonds. The molecule has 2 aromatic rings. The van der Waals surface area contributed by atoms with Crippen LogP contribution in [0.4, 0.5) is 5.69 Å². The Bertz CT molecular complexity index is 579. The third-order valence-corrected chi connectivity index (χ3v) is 3.16. The van der Waals surface area contributed by atoms with Gasteiger partial charge in [0.25, 0.3) is 0 Å². The van der Waals surface area contributed by atoms with E-state index in [1.165, 1.54) is 0 Å². The highest BCUT2D eigenvalue weighted by Crippen LogP contribution is 2.30. The molecule has 0 aliphatic rings. The summed E-state index contributed by atoms with van der Waals surface area (Å²) in [5, 5.41) is 5.00. The van der Waals surface area contributed by atoms with Crippen LogP contribution in [0.3, 0.4) is 0 Å². The van der Waals surface area contributed by atoms with Crippen LogP contribution >= 0.6 is 11.6 Å². The van der Waals surface area contributed by atoms with E-state index in [1.807, 2.05) is 40.2 Å². The molecule has 1 aromatic carbocycles. The van der Waals surface area contributed by atoms with Crippen LogP contribution in [0, 0.1) is 6.92 Å². The van der Waals surface area contributed by atoms with E-state index in [0.29, 0.717) is 0 Å². The molecule has 1 heterocycles. The second-order valence-corrected chi connectivity index (χ2v) is 5.11. The molecular weight excluding hydrogens is 246 g/mol. The Kier molecular flexibility index (Phi) is 3.73. The van der Waals surface area contributed by atoms with Crippen molar-refractivity contribution in [2.24, 2.45) is 0 Å². The van der Waals surface area contributed by atoms with Gasteiger partial charge in [-0.25, -0.2) is 0 Å². The SMILES string of the molecule is CNCc1cc(N(C)C)c2cc(Cl)cc(C)c2n1. The van der Waals surface area contributed by atoms with Crippen LogP contribution in [0.5, 0.6) is 0 Å². The number of halogens is 1. The van der Waals surface area contributed by atoms with Gasteiger partial charge in [-0.2, -0.15) is 0 Å². The first kappa shape index (κ1) is 13.1. The van der Waals surface area contributed by atoms with Crippen molar-refractivity contribution in [3.63, 3.8) is 0 Å². The predicted molar refractivity (Wildman–Crippen MR) is 78.6 cm³/mol. The maximum Gasteiger partial charge on any atom is 0.0756 e. The maximum atomic E-state index is 6.14. The normalized spacial score (nSPS) is 10.9. The van der Waals surface area contributed by atoms with Gasteiger partial charge in [0, 0.05) is 36.7 Å². The number of aryl methyl sites for hydroxylation is 1. The van der Waals surface area contributed by atoms with Crippen LogP contribution < -0.4 is 10.2 Å². The maximum absolute atomic E-state index is 6.14. The molecular formula is C14H18ClN3. The van der Waals surface area contributed by atoms with E-state index in [1.54, 1.807) is 0 Å². The summed E-state index contributed by atoms with van der Waals surface area (Å²) in [4.78, 5) is 6.80. The summed E-state index contributed by atoms with van der Waals surface area (Å²) in [6, 6.07) is 6.05. The zero-order valence-corrected chi connectivity index (χ0v) is 12.0. The number of anilines is 1.